The van der Waals surface area contributed by atoms with Crippen LogP contribution in [-0.2, 0) is 29.4 Å². The predicted octanol–water partition coefficient (Wildman–Crippen LogP) is 1.97. The highest BCUT2D eigenvalue weighted by molar-refractivity contribution is 7.99. The molecule has 30 heavy (non-hydrogen) atoms. The molecule has 1 aliphatic rings. The highest BCUT2D eigenvalue weighted by atomic mass is 32.2. The molecular weight excluding hydrogens is 420 g/mol. The molecule has 0 aliphatic heterocycles. The van der Waals surface area contributed by atoms with Crippen LogP contribution < -0.4 is 10.5 Å². The first kappa shape index (κ1) is 20.7. The van der Waals surface area contributed by atoms with Gasteiger partial charge in [-0.05, 0) is 48.9 Å². The lowest BCUT2D eigenvalue weighted by atomic mass is 10.1. The highest BCUT2D eigenvalue weighted by Crippen LogP contribution is 2.36. The molecule has 0 unspecified atom stereocenters. The van der Waals surface area contributed by atoms with E-state index in [0.717, 1.165) is 36.0 Å². The van der Waals surface area contributed by atoms with E-state index in [1.165, 1.54) is 29.2 Å². The number of hydrogen-bond donors (Lipinski definition) is 2. The van der Waals surface area contributed by atoms with Gasteiger partial charge in [0.15, 0.2) is 22.1 Å². The zero-order valence-corrected chi connectivity index (χ0v) is 18.2. The monoisotopic (exact) mass is 442 g/mol. The molecule has 2 heterocycles. The van der Waals surface area contributed by atoms with Gasteiger partial charge in [-0.25, -0.2) is 28.1 Å². The van der Waals surface area contributed by atoms with Crippen molar-refractivity contribution in [2.45, 2.75) is 42.3 Å². The van der Waals surface area contributed by atoms with Crippen molar-refractivity contribution in [1.29, 1.82) is 0 Å². The minimum absolute atomic E-state index is 0.306. The van der Waals surface area contributed by atoms with E-state index in [9.17, 15) is 8.42 Å². The molecule has 0 atom stereocenters. The maximum atomic E-state index is 11.3. The number of aryl methyl sites for hydroxylation is 3. The SMILES string of the molecule is C#Cc1cc2c(cc1Sc1nc3c(N)ncnc3n1CCCNS(C)(=O)=O)CCC2. The number of aromatic nitrogens is 4. The number of nitrogens with one attached hydrogen (secondary N) is 1. The van der Waals surface area contributed by atoms with Gasteiger partial charge in [0.2, 0.25) is 10.0 Å². The molecule has 0 spiro atoms. The summed E-state index contributed by atoms with van der Waals surface area (Å²) in [5, 5.41) is 0.700. The number of benzene rings is 1. The number of fused-ring (bicyclic) bond motifs is 2. The average Bonchev–Trinajstić information content (AvgIpc) is 3.29. The quantitative estimate of drug-likeness (QED) is 0.424. The van der Waals surface area contributed by atoms with E-state index in [1.54, 1.807) is 0 Å². The fraction of sp³-hybridized carbons (Fsp3) is 0.350. The predicted molar refractivity (Wildman–Crippen MR) is 118 cm³/mol. The van der Waals surface area contributed by atoms with Crippen LogP contribution in [0, 0.1) is 12.3 Å². The first-order valence-corrected chi connectivity index (χ1v) is 12.3. The molecule has 0 fully saturated rings. The molecule has 0 amide bonds. The summed E-state index contributed by atoms with van der Waals surface area (Å²) in [6, 6.07) is 4.26. The number of hydrogen-bond acceptors (Lipinski definition) is 7. The molecule has 1 aromatic carbocycles. The van der Waals surface area contributed by atoms with Crippen molar-refractivity contribution in [2.24, 2.45) is 0 Å². The van der Waals surface area contributed by atoms with Crippen molar-refractivity contribution in [3.63, 3.8) is 0 Å². The minimum atomic E-state index is -3.24. The van der Waals surface area contributed by atoms with Gasteiger partial charge in [-0.1, -0.05) is 17.7 Å². The maximum Gasteiger partial charge on any atom is 0.208 e. The Morgan fingerprint density at radius 1 is 1.30 bits per heavy atom. The number of anilines is 1. The molecule has 8 nitrogen and oxygen atoms in total. The van der Waals surface area contributed by atoms with E-state index < -0.39 is 10.0 Å². The second-order valence-corrected chi connectivity index (χ2v) is 10.1. The van der Waals surface area contributed by atoms with Gasteiger partial charge in [0.05, 0.1) is 6.26 Å². The summed E-state index contributed by atoms with van der Waals surface area (Å²) in [4.78, 5) is 14.0. The van der Waals surface area contributed by atoms with Gasteiger partial charge in [-0.3, -0.25) is 0 Å². The van der Waals surface area contributed by atoms with Gasteiger partial charge in [0.25, 0.3) is 0 Å². The lowest BCUT2D eigenvalue weighted by Crippen LogP contribution is -2.24. The lowest BCUT2D eigenvalue weighted by Gasteiger charge is -2.11. The third-order valence-corrected chi connectivity index (χ3v) is 6.78. The highest BCUT2D eigenvalue weighted by Gasteiger charge is 2.19. The zero-order chi connectivity index (χ0) is 21.3. The normalized spacial score (nSPS) is 13.5. The Morgan fingerprint density at radius 3 is 2.80 bits per heavy atom. The number of terminal acetylenes is 1. The molecule has 1 aliphatic carbocycles. The topological polar surface area (TPSA) is 116 Å². The Kier molecular flexibility index (Phi) is 5.69. The fourth-order valence-corrected chi connectivity index (χ4v) is 5.17. The van der Waals surface area contributed by atoms with Crippen molar-refractivity contribution in [1.82, 2.24) is 24.2 Å². The van der Waals surface area contributed by atoms with Gasteiger partial charge in [-0.2, -0.15) is 0 Å². The van der Waals surface area contributed by atoms with Crippen molar-refractivity contribution < 1.29 is 8.42 Å². The Labute approximate surface area is 179 Å². The molecule has 3 aromatic rings. The summed E-state index contributed by atoms with van der Waals surface area (Å²) in [6.07, 6.45) is 12.2. The third-order valence-electron chi connectivity index (χ3n) is 5.00. The summed E-state index contributed by atoms with van der Waals surface area (Å²) < 4.78 is 27.1. The lowest BCUT2D eigenvalue weighted by molar-refractivity contribution is 0.568. The smallest absolute Gasteiger partial charge is 0.208 e. The van der Waals surface area contributed by atoms with Gasteiger partial charge in [0.1, 0.15) is 6.33 Å². The molecular formula is C20H22N6O2S2. The van der Waals surface area contributed by atoms with E-state index in [-0.39, 0.29) is 0 Å². The minimum Gasteiger partial charge on any atom is -0.382 e. The fourth-order valence-electron chi connectivity index (χ4n) is 3.61. The van der Waals surface area contributed by atoms with Crippen LogP contribution in [0.4, 0.5) is 5.82 Å². The Hall–Kier alpha value is -2.61. The van der Waals surface area contributed by atoms with Crippen molar-refractivity contribution >= 4 is 38.8 Å². The van der Waals surface area contributed by atoms with Gasteiger partial charge in [-0.15, -0.1) is 6.42 Å². The molecule has 10 heteroatoms. The standard InChI is InChI=1S/C20H22N6O2S2/c1-3-13-10-14-6-4-7-15(14)11-16(13)29-20-25-17-18(21)22-12-23-19(17)26(20)9-5-8-24-30(2,27)28/h1,10-12,24H,4-9H2,2H3,(H2,21,22,23). The van der Waals surface area contributed by atoms with E-state index in [2.05, 4.69) is 37.7 Å². The Balaban J connectivity index is 1.68. The third kappa shape index (κ3) is 4.28. The molecule has 2 aromatic heterocycles. The van der Waals surface area contributed by atoms with E-state index in [4.69, 9.17) is 12.2 Å². The van der Waals surface area contributed by atoms with Gasteiger partial charge >= 0.3 is 0 Å². The number of imidazole rings is 1. The first-order chi connectivity index (χ1) is 14.4. The van der Waals surface area contributed by atoms with Crippen molar-refractivity contribution in [2.75, 3.05) is 18.5 Å². The van der Waals surface area contributed by atoms with Crippen LogP contribution in [0.25, 0.3) is 11.2 Å². The average molecular weight is 443 g/mol. The number of nitrogen functional groups attached to an aromatic ring is 1. The molecule has 156 valence electrons. The molecule has 0 bridgehead atoms. The summed E-state index contributed by atoms with van der Waals surface area (Å²) >= 11 is 1.48. The van der Waals surface area contributed by atoms with Crippen LogP contribution in [0.5, 0.6) is 0 Å². The second-order valence-electron chi connectivity index (χ2n) is 7.21. The zero-order valence-electron chi connectivity index (χ0n) is 16.6. The van der Waals surface area contributed by atoms with Crippen LogP contribution in [0.1, 0.15) is 29.5 Å². The Morgan fingerprint density at radius 2 is 2.07 bits per heavy atom. The molecule has 0 saturated carbocycles. The van der Waals surface area contributed by atoms with Crippen LogP contribution in [0.15, 0.2) is 28.5 Å². The van der Waals surface area contributed by atoms with E-state index in [0.29, 0.717) is 41.6 Å². The summed E-state index contributed by atoms with van der Waals surface area (Å²) in [6.45, 7) is 0.839. The van der Waals surface area contributed by atoms with Crippen LogP contribution in [0.2, 0.25) is 0 Å². The first-order valence-electron chi connectivity index (χ1n) is 9.57. The molecule has 4 rings (SSSR count). The molecule has 0 radical (unpaired) electrons. The number of sulfonamides is 1. The number of nitrogens with zero attached hydrogens (tertiary/aromatic N) is 4. The van der Waals surface area contributed by atoms with Crippen LogP contribution >= 0.6 is 11.8 Å². The van der Waals surface area contributed by atoms with Gasteiger partial charge < -0.3 is 10.3 Å². The van der Waals surface area contributed by atoms with E-state index in [1.807, 2.05) is 4.57 Å². The summed E-state index contributed by atoms with van der Waals surface area (Å²) in [7, 11) is -3.24. The Bertz CT molecular complexity index is 1260. The molecule has 0 saturated heterocycles. The maximum absolute atomic E-state index is 11.3. The largest absolute Gasteiger partial charge is 0.382 e. The summed E-state index contributed by atoms with van der Waals surface area (Å²) in [5.74, 6) is 3.10. The van der Waals surface area contributed by atoms with Crippen molar-refractivity contribution in [3.8, 4) is 12.3 Å². The van der Waals surface area contributed by atoms with E-state index >= 15 is 0 Å². The molecule has 3 N–H and O–H groups in total. The van der Waals surface area contributed by atoms with Crippen LogP contribution in [0.3, 0.4) is 0 Å². The van der Waals surface area contributed by atoms with Crippen LogP contribution in [-0.4, -0.2) is 40.7 Å². The number of rotatable bonds is 7. The second kappa shape index (κ2) is 8.26. The summed E-state index contributed by atoms with van der Waals surface area (Å²) in [5.41, 5.74) is 10.7. The van der Waals surface area contributed by atoms with Gasteiger partial charge in [0, 0.05) is 23.5 Å². The number of nitrogens with two attached hydrogens (primary N) is 1. The van der Waals surface area contributed by atoms with Crippen molar-refractivity contribution in [3.05, 3.63) is 35.2 Å².